The third-order valence-electron chi connectivity index (χ3n) is 9.33. The van der Waals surface area contributed by atoms with Gasteiger partial charge in [-0.05, 0) is 83.0 Å². The molecule has 0 atom stereocenters. The zero-order valence-electron chi connectivity index (χ0n) is 27.2. The molecular weight excluding hydrogens is 655 g/mol. The van der Waals surface area contributed by atoms with E-state index in [0.29, 0.717) is 15.1 Å². The highest BCUT2D eigenvalue weighted by molar-refractivity contribution is 7.72. The first kappa shape index (κ1) is 30.1. The Bertz CT molecular complexity index is 2910. The minimum atomic E-state index is 0.433. The molecule has 0 amide bonds. The normalized spacial score (nSPS) is 11.6. The number of methoxy groups -OCH3 is 1. The quantitative estimate of drug-likeness (QED) is 0.124. The van der Waals surface area contributed by atoms with Crippen molar-refractivity contribution in [2.24, 2.45) is 0 Å². The predicted octanol–water partition coefficient (Wildman–Crippen LogP) is 11.5. The van der Waals surface area contributed by atoms with Crippen molar-refractivity contribution in [3.05, 3.63) is 136 Å². The molecule has 0 bridgehead atoms. The van der Waals surface area contributed by atoms with E-state index in [9.17, 15) is 0 Å². The zero-order valence-corrected chi connectivity index (χ0v) is 28.8. The Kier molecular flexibility index (Phi) is 7.15. The van der Waals surface area contributed by atoms with E-state index >= 15 is 0 Å². The number of nitrogens with zero attached hydrogens (tertiary/aromatic N) is 2. The summed E-state index contributed by atoms with van der Waals surface area (Å²) in [6.07, 6.45) is 0. The van der Waals surface area contributed by atoms with Crippen molar-refractivity contribution in [3.8, 4) is 50.6 Å². The lowest BCUT2D eigenvalue weighted by atomic mass is 9.94. The minimum Gasteiger partial charge on any atom is -0.497 e. The van der Waals surface area contributed by atoms with Gasteiger partial charge in [-0.1, -0.05) is 103 Å². The van der Waals surface area contributed by atoms with Gasteiger partial charge in [0.2, 0.25) is 0 Å². The molecule has 9 rings (SSSR count). The van der Waals surface area contributed by atoms with Crippen LogP contribution in [0.25, 0.3) is 88.5 Å². The summed E-state index contributed by atoms with van der Waals surface area (Å²) in [6, 6.07) is 41.7. The Morgan fingerprint density at radius 3 is 2.16 bits per heavy atom. The van der Waals surface area contributed by atoms with Crippen molar-refractivity contribution in [2.75, 3.05) is 7.11 Å². The van der Waals surface area contributed by atoms with E-state index in [1.807, 2.05) is 48.5 Å². The predicted molar refractivity (Wildman–Crippen MR) is 210 cm³/mol. The van der Waals surface area contributed by atoms with Gasteiger partial charge in [-0.2, -0.15) is 0 Å². The van der Waals surface area contributed by atoms with Crippen molar-refractivity contribution < 1.29 is 4.74 Å². The Hall–Kier alpha value is -5.96. The Morgan fingerprint density at radius 2 is 1.38 bits per heavy atom. The Labute approximate surface area is 297 Å². The summed E-state index contributed by atoms with van der Waals surface area (Å²) >= 11 is 11.8. The van der Waals surface area contributed by atoms with E-state index in [1.165, 1.54) is 0 Å². The van der Waals surface area contributed by atoms with Crippen LogP contribution in [0, 0.1) is 16.3 Å². The molecule has 3 N–H and O–H groups in total. The molecule has 4 heterocycles. The van der Waals surface area contributed by atoms with Crippen LogP contribution in [0.2, 0.25) is 0 Å². The number of aromatic nitrogens is 5. The lowest BCUT2D eigenvalue weighted by molar-refractivity contribution is 0.415. The molecule has 0 saturated carbocycles. The molecule has 5 aromatic carbocycles. The molecule has 0 aliphatic heterocycles. The summed E-state index contributed by atoms with van der Waals surface area (Å²) in [5.74, 6) is 0.817. The smallest absolute Gasteiger partial charge is 0.175 e. The van der Waals surface area contributed by atoms with E-state index in [-0.39, 0.29) is 0 Å². The second-order valence-corrected chi connectivity index (χ2v) is 13.3. The van der Waals surface area contributed by atoms with Crippen LogP contribution in [0.4, 0.5) is 0 Å². The number of aryl methyl sites for hydroxylation is 1. The van der Waals surface area contributed by atoms with Gasteiger partial charge in [-0.3, -0.25) is 0 Å². The lowest BCUT2D eigenvalue weighted by Crippen LogP contribution is -2.00. The number of ether oxygens (including phenoxy) is 1. The van der Waals surface area contributed by atoms with Crippen LogP contribution in [0.1, 0.15) is 5.56 Å². The molecule has 0 unspecified atom stereocenters. The van der Waals surface area contributed by atoms with Crippen LogP contribution in [0.5, 0.6) is 5.75 Å². The average Bonchev–Trinajstić information content (AvgIpc) is 3.52. The lowest BCUT2D eigenvalue weighted by Gasteiger charge is -2.16. The largest absolute Gasteiger partial charge is 0.497 e. The van der Waals surface area contributed by atoms with Gasteiger partial charge in [0.25, 0.3) is 0 Å². The molecule has 240 valence electrons. The zero-order chi connectivity index (χ0) is 33.9. The van der Waals surface area contributed by atoms with Crippen LogP contribution in [-0.4, -0.2) is 32.0 Å². The Balaban J connectivity index is 1.45. The fourth-order valence-electron chi connectivity index (χ4n) is 6.98. The molecule has 9 aromatic rings. The van der Waals surface area contributed by atoms with Gasteiger partial charge in [0, 0.05) is 22.0 Å². The summed E-state index contributed by atoms with van der Waals surface area (Å²) in [6.45, 7) is 2.10. The van der Waals surface area contributed by atoms with Gasteiger partial charge in [0.1, 0.15) is 10.4 Å². The summed E-state index contributed by atoms with van der Waals surface area (Å²) in [5, 5.41) is 4.86. The highest BCUT2D eigenvalue weighted by atomic mass is 32.1. The number of aromatic amines is 3. The van der Waals surface area contributed by atoms with Crippen molar-refractivity contribution >= 4 is 68.0 Å². The topological polar surface area (TPSA) is 82.4 Å². The molecule has 0 saturated heterocycles. The summed E-state index contributed by atoms with van der Waals surface area (Å²) in [5.41, 5.74) is 11.0. The standard InChI is InChI=1S/C42H29N5OS2/c1-23-13-18-32-31(19-23)34(37(43-32)25-11-7-4-8-12-25)38-36-39(46-42(50)47-41(36)49)35-30(22-33(44-40(35)45-38)24-9-5-3-6-10-24)28-15-14-27-21-29(48-2)17-16-26(27)20-28/h3-22,43H,1-2H3,(H2,46,47,49,50). The van der Waals surface area contributed by atoms with Crippen molar-refractivity contribution in [1.29, 1.82) is 0 Å². The molecular formula is C42H29N5OS2. The van der Waals surface area contributed by atoms with E-state index in [2.05, 4.69) is 94.7 Å². The van der Waals surface area contributed by atoms with Crippen LogP contribution in [-0.2, 0) is 0 Å². The molecule has 0 aliphatic rings. The number of pyridine rings is 2. The van der Waals surface area contributed by atoms with E-state index in [4.69, 9.17) is 39.1 Å². The number of rotatable bonds is 5. The van der Waals surface area contributed by atoms with Gasteiger partial charge in [0.05, 0.1) is 40.5 Å². The molecule has 0 fully saturated rings. The fourth-order valence-corrected chi connectivity index (χ4v) is 7.55. The number of H-pyrrole nitrogens is 3. The van der Waals surface area contributed by atoms with Crippen molar-refractivity contribution in [1.82, 2.24) is 24.9 Å². The first-order valence-electron chi connectivity index (χ1n) is 16.3. The molecule has 6 nitrogen and oxygen atoms in total. The molecule has 50 heavy (non-hydrogen) atoms. The number of hydrogen-bond donors (Lipinski definition) is 3. The van der Waals surface area contributed by atoms with Crippen LogP contribution in [0.15, 0.2) is 121 Å². The van der Waals surface area contributed by atoms with Gasteiger partial charge in [-0.25, -0.2) is 9.97 Å². The minimum absolute atomic E-state index is 0.433. The maximum atomic E-state index is 6.10. The molecule has 4 aromatic heterocycles. The van der Waals surface area contributed by atoms with Crippen LogP contribution >= 0.6 is 24.4 Å². The Morgan fingerprint density at radius 1 is 0.640 bits per heavy atom. The van der Waals surface area contributed by atoms with E-state index < -0.39 is 0 Å². The molecule has 0 radical (unpaired) electrons. The monoisotopic (exact) mass is 683 g/mol. The van der Waals surface area contributed by atoms with Gasteiger partial charge < -0.3 is 19.7 Å². The van der Waals surface area contributed by atoms with Crippen LogP contribution < -0.4 is 4.74 Å². The molecule has 0 aliphatic carbocycles. The summed E-state index contributed by atoms with van der Waals surface area (Å²) < 4.78 is 6.44. The van der Waals surface area contributed by atoms with Crippen LogP contribution in [0.3, 0.4) is 0 Å². The second kappa shape index (κ2) is 11.9. The summed E-state index contributed by atoms with van der Waals surface area (Å²) in [7, 11) is 1.69. The third kappa shape index (κ3) is 5.00. The first-order chi connectivity index (χ1) is 24.4. The van der Waals surface area contributed by atoms with Gasteiger partial charge in [0.15, 0.2) is 10.4 Å². The summed E-state index contributed by atoms with van der Waals surface area (Å²) in [4.78, 5) is 21.2. The van der Waals surface area contributed by atoms with Crippen molar-refractivity contribution in [2.45, 2.75) is 6.92 Å². The number of hydrogen-bond acceptors (Lipinski definition) is 5. The number of nitrogens with one attached hydrogen (secondary N) is 3. The van der Waals surface area contributed by atoms with Gasteiger partial charge in [-0.15, -0.1) is 0 Å². The molecule has 0 spiro atoms. The fraction of sp³-hybridized carbons (Fsp3) is 0.0476. The molecule has 8 heteroatoms. The number of fused-ring (bicyclic) bond motifs is 5. The van der Waals surface area contributed by atoms with Crippen molar-refractivity contribution in [3.63, 3.8) is 0 Å². The van der Waals surface area contributed by atoms with E-state index in [1.54, 1.807) is 7.11 Å². The third-order valence-corrected chi connectivity index (χ3v) is 9.84. The van der Waals surface area contributed by atoms with Gasteiger partial charge >= 0.3 is 0 Å². The highest BCUT2D eigenvalue weighted by Gasteiger charge is 2.24. The number of benzene rings is 5. The SMILES string of the molecule is COc1ccc2cc(-c3cc(-c4ccccc4)nc4nc(-c5c(-c6ccccc6)[nH]c6ccc(C)cc56)c5c(=S)[nH]c(=S)[nH]c5c34)ccc2c1. The maximum absolute atomic E-state index is 6.10. The van der Waals surface area contributed by atoms with E-state index in [0.717, 1.165) is 94.2 Å². The second-order valence-electron chi connectivity index (χ2n) is 12.5. The maximum Gasteiger partial charge on any atom is 0.175 e. The highest BCUT2D eigenvalue weighted by Crippen LogP contribution is 2.44. The first-order valence-corrected chi connectivity index (χ1v) is 17.1. The average molecular weight is 684 g/mol.